The van der Waals surface area contributed by atoms with E-state index in [4.69, 9.17) is 5.26 Å². The Balaban J connectivity index is 0.00000288. The number of rotatable bonds is 4. The molecule has 0 saturated carbocycles. The zero-order chi connectivity index (χ0) is 16.7. The molecule has 4 nitrogen and oxygen atoms in total. The third-order valence-corrected chi connectivity index (χ3v) is 3.19. The normalized spacial score (nSPS) is 10.5. The van der Waals surface area contributed by atoms with E-state index in [1.807, 2.05) is 6.07 Å². The molecule has 7 heteroatoms. The molecule has 0 aromatic heterocycles. The molecule has 0 aliphatic heterocycles. The Labute approximate surface area is 156 Å². The number of aliphatic imine (C=N–C) groups is 1. The van der Waals surface area contributed by atoms with Gasteiger partial charge in [-0.1, -0.05) is 12.1 Å². The number of hydrogen-bond donors (Lipinski definition) is 2. The van der Waals surface area contributed by atoms with Crippen LogP contribution in [0.1, 0.15) is 16.7 Å². The summed E-state index contributed by atoms with van der Waals surface area (Å²) in [5.74, 6) is -0.240. The molecule has 0 unspecified atom stereocenters. The van der Waals surface area contributed by atoms with Crippen molar-refractivity contribution in [3.05, 3.63) is 70.8 Å². The minimum atomic E-state index is -0.392. The second kappa shape index (κ2) is 9.82. The summed E-state index contributed by atoms with van der Waals surface area (Å²) in [5, 5.41) is 14.8. The van der Waals surface area contributed by atoms with Crippen LogP contribution in [-0.2, 0) is 13.1 Å². The molecular weight excluding hydrogens is 425 g/mol. The van der Waals surface area contributed by atoms with Crippen molar-refractivity contribution in [2.45, 2.75) is 13.1 Å². The second-order valence-corrected chi connectivity index (χ2v) is 4.83. The quantitative estimate of drug-likeness (QED) is 0.434. The summed E-state index contributed by atoms with van der Waals surface area (Å²) in [5.41, 5.74) is 1.54. The fraction of sp³-hybridized carbons (Fsp3) is 0.176. The Hall–Kier alpha value is -2.21. The van der Waals surface area contributed by atoms with E-state index >= 15 is 0 Å². The molecule has 0 bridgehead atoms. The minimum Gasteiger partial charge on any atom is -0.352 e. The molecule has 0 saturated heterocycles. The highest BCUT2D eigenvalue weighted by molar-refractivity contribution is 14.0. The third kappa shape index (κ3) is 5.77. The van der Waals surface area contributed by atoms with E-state index in [2.05, 4.69) is 15.6 Å². The average molecular weight is 442 g/mol. The lowest BCUT2D eigenvalue weighted by atomic mass is 10.1. The number of nitriles is 1. The maximum atomic E-state index is 13.7. The van der Waals surface area contributed by atoms with Gasteiger partial charge in [0.25, 0.3) is 0 Å². The van der Waals surface area contributed by atoms with Crippen molar-refractivity contribution in [1.29, 1.82) is 5.26 Å². The first-order valence-electron chi connectivity index (χ1n) is 7.00. The molecule has 0 spiro atoms. The van der Waals surface area contributed by atoms with Gasteiger partial charge in [-0.25, -0.2) is 8.78 Å². The van der Waals surface area contributed by atoms with Gasteiger partial charge in [-0.15, -0.1) is 24.0 Å². The van der Waals surface area contributed by atoms with Crippen LogP contribution in [0.4, 0.5) is 8.78 Å². The Morgan fingerprint density at radius 1 is 1.12 bits per heavy atom. The molecule has 2 rings (SSSR count). The summed E-state index contributed by atoms with van der Waals surface area (Å²) < 4.78 is 26.8. The highest BCUT2D eigenvalue weighted by atomic mass is 127. The second-order valence-electron chi connectivity index (χ2n) is 4.83. The van der Waals surface area contributed by atoms with Crippen LogP contribution >= 0.6 is 24.0 Å². The van der Waals surface area contributed by atoms with Crippen molar-refractivity contribution in [1.82, 2.24) is 10.6 Å². The van der Waals surface area contributed by atoms with Gasteiger partial charge in [-0.05, 0) is 35.9 Å². The van der Waals surface area contributed by atoms with Crippen LogP contribution in [0.25, 0.3) is 0 Å². The van der Waals surface area contributed by atoms with Gasteiger partial charge in [0.15, 0.2) is 5.96 Å². The minimum absolute atomic E-state index is 0. The number of hydrogen-bond acceptors (Lipinski definition) is 2. The van der Waals surface area contributed by atoms with Crippen LogP contribution in [0.15, 0.2) is 47.5 Å². The van der Waals surface area contributed by atoms with Gasteiger partial charge in [-0.3, -0.25) is 4.99 Å². The molecule has 0 fully saturated rings. The maximum Gasteiger partial charge on any atom is 0.191 e. The predicted molar refractivity (Wildman–Crippen MR) is 100.0 cm³/mol. The van der Waals surface area contributed by atoms with Crippen molar-refractivity contribution in [2.75, 3.05) is 7.05 Å². The SMILES string of the molecule is CN=C(NCc1cccc(F)c1)NCc1cc(C#N)ccc1F.I. The summed E-state index contributed by atoms with van der Waals surface area (Å²) in [6, 6.07) is 12.4. The van der Waals surface area contributed by atoms with Gasteiger partial charge in [0, 0.05) is 25.7 Å². The topological polar surface area (TPSA) is 60.2 Å². The van der Waals surface area contributed by atoms with Crippen LogP contribution in [0.3, 0.4) is 0 Å². The van der Waals surface area contributed by atoms with Crippen molar-refractivity contribution in [3.63, 3.8) is 0 Å². The lowest BCUT2D eigenvalue weighted by Gasteiger charge is -2.12. The van der Waals surface area contributed by atoms with Gasteiger partial charge in [0.05, 0.1) is 11.6 Å². The van der Waals surface area contributed by atoms with Crippen molar-refractivity contribution >= 4 is 29.9 Å². The monoisotopic (exact) mass is 442 g/mol. The first kappa shape index (κ1) is 19.8. The molecule has 0 aliphatic rings. The van der Waals surface area contributed by atoms with Gasteiger partial charge in [-0.2, -0.15) is 5.26 Å². The molecule has 2 aromatic rings. The number of nitrogens with one attached hydrogen (secondary N) is 2. The standard InChI is InChI=1S/C17H16F2N4.HI/c1-21-17(22-10-13-3-2-4-15(18)8-13)23-11-14-7-12(9-20)5-6-16(14)19;/h2-8H,10-11H2,1H3,(H2,21,22,23);1H. The van der Waals surface area contributed by atoms with E-state index in [1.165, 1.54) is 30.3 Å². The number of benzene rings is 2. The Bertz CT molecular complexity index is 756. The van der Waals surface area contributed by atoms with Gasteiger partial charge < -0.3 is 10.6 Å². The van der Waals surface area contributed by atoms with E-state index in [0.717, 1.165) is 5.56 Å². The van der Waals surface area contributed by atoms with E-state index in [-0.39, 0.29) is 36.3 Å². The van der Waals surface area contributed by atoms with Crippen LogP contribution in [0, 0.1) is 23.0 Å². The van der Waals surface area contributed by atoms with Crippen LogP contribution in [0.2, 0.25) is 0 Å². The average Bonchev–Trinajstić information content (AvgIpc) is 2.56. The smallest absolute Gasteiger partial charge is 0.191 e. The fourth-order valence-corrected chi connectivity index (χ4v) is 2.01. The number of halogens is 3. The maximum absolute atomic E-state index is 13.7. The summed E-state index contributed by atoms with van der Waals surface area (Å²) in [7, 11) is 1.59. The highest BCUT2D eigenvalue weighted by Gasteiger charge is 2.05. The Morgan fingerprint density at radius 2 is 1.88 bits per heavy atom. The molecule has 0 atom stereocenters. The molecule has 2 aromatic carbocycles. The zero-order valence-corrected chi connectivity index (χ0v) is 15.3. The first-order chi connectivity index (χ1) is 11.1. The molecule has 0 aliphatic carbocycles. The molecule has 0 amide bonds. The van der Waals surface area contributed by atoms with Gasteiger partial charge in [0.2, 0.25) is 0 Å². The summed E-state index contributed by atoms with van der Waals surface area (Å²) >= 11 is 0. The zero-order valence-electron chi connectivity index (χ0n) is 13.0. The largest absolute Gasteiger partial charge is 0.352 e. The molecule has 0 heterocycles. The summed E-state index contributed by atoms with van der Waals surface area (Å²) in [6.07, 6.45) is 0. The van der Waals surface area contributed by atoms with E-state index in [1.54, 1.807) is 19.2 Å². The van der Waals surface area contributed by atoms with E-state index < -0.39 is 5.82 Å². The molecule has 2 N–H and O–H groups in total. The van der Waals surface area contributed by atoms with Gasteiger partial charge >= 0.3 is 0 Å². The van der Waals surface area contributed by atoms with Crippen LogP contribution in [0.5, 0.6) is 0 Å². The molecule has 24 heavy (non-hydrogen) atoms. The fourth-order valence-electron chi connectivity index (χ4n) is 2.01. The lowest BCUT2D eigenvalue weighted by molar-refractivity contribution is 0.604. The van der Waals surface area contributed by atoms with E-state index in [0.29, 0.717) is 23.6 Å². The lowest BCUT2D eigenvalue weighted by Crippen LogP contribution is -2.36. The molecule has 126 valence electrons. The highest BCUT2D eigenvalue weighted by Crippen LogP contribution is 2.09. The number of guanidine groups is 1. The Kier molecular flexibility index (Phi) is 8.12. The van der Waals surface area contributed by atoms with Crippen molar-refractivity contribution < 1.29 is 8.78 Å². The first-order valence-corrected chi connectivity index (χ1v) is 7.00. The molecule has 0 radical (unpaired) electrons. The van der Waals surface area contributed by atoms with E-state index in [9.17, 15) is 8.78 Å². The van der Waals surface area contributed by atoms with Crippen molar-refractivity contribution in [2.24, 2.45) is 4.99 Å². The predicted octanol–water partition coefficient (Wildman–Crippen LogP) is 3.32. The van der Waals surface area contributed by atoms with Gasteiger partial charge in [0.1, 0.15) is 11.6 Å². The summed E-state index contributed by atoms with van der Waals surface area (Å²) in [4.78, 5) is 4.03. The molecular formula is C17H17F2IN4. The van der Waals surface area contributed by atoms with Crippen LogP contribution in [-0.4, -0.2) is 13.0 Å². The third-order valence-electron chi connectivity index (χ3n) is 3.19. The summed E-state index contributed by atoms with van der Waals surface area (Å²) in [6.45, 7) is 0.572. The van der Waals surface area contributed by atoms with Crippen molar-refractivity contribution in [3.8, 4) is 6.07 Å². The van der Waals surface area contributed by atoms with Crippen LogP contribution < -0.4 is 10.6 Å². The number of nitrogens with zero attached hydrogens (tertiary/aromatic N) is 2. The Morgan fingerprint density at radius 3 is 2.54 bits per heavy atom.